The van der Waals surface area contributed by atoms with E-state index in [1.807, 2.05) is 18.2 Å². The van der Waals surface area contributed by atoms with Crippen LogP contribution in [0.4, 0.5) is 5.69 Å². The molecule has 15 heavy (non-hydrogen) atoms. The Bertz CT molecular complexity index is 420. The van der Waals surface area contributed by atoms with Gasteiger partial charge < -0.3 is 0 Å². The average Bonchev–Trinajstić information content (AvgIpc) is 2.27. The summed E-state index contributed by atoms with van der Waals surface area (Å²) >= 11 is 0. The third-order valence-electron chi connectivity index (χ3n) is 1.93. The van der Waals surface area contributed by atoms with E-state index in [1.54, 1.807) is 6.07 Å². The standard InChI is InChI=1S/C12H13N3/c1-2-3-4-5-8-11-9-6-7-10-12(11)14-15-13/h6-7,9-10H,2-4H2,1H3. The van der Waals surface area contributed by atoms with Gasteiger partial charge in [0.15, 0.2) is 0 Å². The van der Waals surface area contributed by atoms with Gasteiger partial charge in [0.25, 0.3) is 0 Å². The quantitative estimate of drug-likeness (QED) is 0.230. The van der Waals surface area contributed by atoms with Crippen molar-refractivity contribution in [2.75, 3.05) is 0 Å². The number of benzene rings is 1. The van der Waals surface area contributed by atoms with Crippen LogP contribution in [0.15, 0.2) is 29.4 Å². The Morgan fingerprint density at radius 1 is 1.40 bits per heavy atom. The zero-order valence-corrected chi connectivity index (χ0v) is 8.77. The number of hydrogen-bond donors (Lipinski definition) is 0. The molecule has 0 atom stereocenters. The van der Waals surface area contributed by atoms with Crippen molar-refractivity contribution in [3.8, 4) is 11.8 Å². The molecule has 0 aliphatic rings. The van der Waals surface area contributed by atoms with Crippen molar-refractivity contribution in [1.82, 2.24) is 0 Å². The van der Waals surface area contributed by atoms with Gasteiger partial charge in [0.1, 0.15) is 0 Å². The molecule has 0 amide bonds. The summed E-state index contributed by atoms with van der Waals surface area (Å²) < 4.78 is 0. The summed E-state index contributed by atoms with van der Waals surface area (Å²) in [5, 5.41) is 3.58. The first-order chi connectivity index (χ1) is 7.38. The Kier molecular flexibility index (Phi) is 4.86. The second-order valence-electron chi connectivity index (χ2n) is 3.11. The van der Waals surface area contributed by atoms with E-state index in [1.165, 1.54) is 0 Å². The smallest absolute Gasteiger partial charge is 0.0531 e. The van der Waals surface area contributed by atoms with Crippen LogP contribution in [0.3, 0.4) is 0 Å². The van der Waals surface area contributed by atoms with Crippen molar-refractivity contribution in [2.45, 2.75) is 26.2 Å². The van der Waals surface area contributed by atoms with Crippen LogP contribution in [0.2, 0.25) is 0 Å². The number of rotatable bonds is 3. The number of nitrogens with zero attached hydrogens (tertiary/aromatic N) is 3. The SMILES string of the molecule is CCCCC#Cc1ccccc1N=[N+]=[N-]. The van der Waals surface area contributed by atoms with E-state index in [2.05, 4.69) is 28.8 Å². The Morgan fingerprint density at radius 2 is 2.20 bits per heavy atom. The molecule has 0 aliphatic heterocycles. The molecular weight excluding hydrogens is 186 g/mol. The molecule has 0 unspecified atom stereocenters. The third-order valence-corrected chi connectivity index (χ3v) is 1.93. The third kappa shape index (κ3) is 3.76. The van der Waals surface area contributed by atoms with Crippen molar-refractivity contribution in [2.24, 2.45) is 5.11 Å². The van der Waals surface area contributed by atoms with Crippen LogP contribution in [0, 0.1) is 11.8 Å². The number of azide groups is 1. The molecular formula is C12H13N3. The molecule has 0 fully saturated rings. The van der Waals surface area contributed by atoms with Gasteiger partial charge in [-0.1, -0.05) is 48.5 Å². The molecule has 0 aromatic heterocycles. The molecule has 0 N–H and O–H groups in total. The monoisotopic (exact) mass is 199 g/mol. The summed E-state index contributed by atoms with van der Waals surface area (Å²) in [6.45, 7) is 2.13. The molecule has 0 heterocycles. The van der Waals surface area contributed by atoms with Gasteiger partial charge in [0.2, 0.25) is 0 Å². The van der Waals surface area contributed by atoms with Crippen molar-refractivity contribution in [3.63, 3.8) is 0 Å². The molecule has 0 bridgehead atoms. The molecule has 0 radical (unpaired) electrons. The van der Waals surface area contributed by atoms with Gasteiger partial charge in [0, 0.05) is 16.9 Å². The zero-order chi connectivity index (χ0) is 10.9. The summed E-state index contributed by atoms with van der Waals surface area (Å²) in [5.74, 6) is 6.09. The summed E-state index contributed by atoms with van der Waals surface area (Å²) in [7, 11) is 0. The highest BCUT2D eigenvalue weighted by Gasteiger charge is 1.93. The fourth-order valence-corrected chi connectivity index (χ4v) is 1.14. The van der Waals surface area contributed by atoms with Crippen molar-refractivity contribution >= 4 is 5.69 Å². The van der Waals surface area contributed by atoms with E-state index < -0.39 is 0 Å². The Labute approximate surface area is 89.8 Å². The van der Waals surface area contributed by atoms with E-state index in [9.17, 15) is 0 Å². The van der Waals surface area contributed by atoms with Crippen LogP contribution < -0.4 is 0 Å². The summed E-state index contributed by atoms with van der Waals surface area (Å²) in [6.07, 6.45) is 3.14. The van der Waals surface area contributed by atoms with Crippen LogP contribution in [-0.2, 0) is 0 Å². The van der Waals surface area contributed by atoms with Crippen LogP contribution in [0.25, 0.3) is 10.4 Å². The van der Waals surface area contributed by atoms with Gasteiger partial charge in [-0.25, -0.2) is 0 Å². The number of hydrogen-bond acceptors (Lipinski definition) is 1. The number of unbranched alkanes of at least 4 members (excludes halogenated alkanes) is 2. The second kappa shape index (κ2) is 6.53. The van der Waals surface area contributed by atoms with E-state index in [4.69, 9.17) is 5.53 Å². The minimum absolute atomic E-state index is 0.601. The normalized spacial score (nSPS) is 8.60. The molecule has 3 heteroatoms. The van der Waals surface area contributed by atoms with Crippen molar-refractivity contribution < 1.29 is 0 Å². The first kappa shape index (κ1) is 11.2. The van der Waals surface area contributed by atoms with E-state index in [0.29, 0.717) is 5.69 Å². The van der Waals surface area contributed by atoms with Gasteiger partial charge >= 0.3 is 0 Å². The molecule has 1 aromatic rings. The van der Waals surface area contributed by atoms with Gasteiger partial charge in [0.05, 0.1) is 5.69 Å². The highest BCUT2D eigenvalue weighted by Crippen LogP contribution is 2.17. The van der Waals surface area contributed by atoms with Crippen molar-refractivity contribution in [1.29, 1.82) is 0 Å². The Balaban J connectivity index is 2.82. The molecule has 0 saturated heterocycles. The van der Waals surface area contributed by atoms with E-state index in [0.717, 1.165) is 24.8 Å². The molecule has 3 nitrogen and oxygen atoms in total. The fourth-order valence-electron chi connectivity index (χ4n) is 1.14. The average molecular weight is 199 g/mol. The lowest BCUT2D eigenvalue weighted by Gasteiger charge is -1.94. The predicted octanol–water partition coefficient (Wildman–Crippen LogP) is 4.17. The van der Waals surface area contributed by atoms with Gasteiger partial charge in [-0.15, -0.1) is 0 Å². The predicted molar refractivity (Wildman–Crippen MR) is 61.7 cm³/mol. The molecule has 0 aliphatic carbocycles. The van der Waals surface area contributed by atoms with Crippen LogP contribution >= 0.6 is 0 Å². The van der Waals surface area contributed by atoms with Crippen LogP contribution in [0.5, 0.6) is 0 Å². The maximum Gasteiger partial charge on any atom is 0.0531 e. The lowest BCUT2D eigenvalue weighted by Crippen LogP contribution is -1.75. The lowest BCUT2D eigenvalue weighted by atomic mass is 10.1. The molecule has 1 aromatic carbocycles. The zero-order valence-electron chi connectivity index (χ0n) is 8.77. The Hall–Kier alpha value is -1.91. The van der Waals surface area contributed by atoms with Gasteiger partial charge in [-0.3, -0.25) is 0 Å². The minimum atomic E-state index is 0.601. The second-order valence-corrected chi connectivity index (χ2v) is 3.11. The minimum Gasteiger partial charge on any atom is -0.0979 e. The first-order valence-electron chi connectivity index (χ1n) is 5.01. The fraction of sp³-hybridized carbons (Fsp3) is 0.333. The largest absolute Gasteiger partial charge is 0.0979 e. The molecule has 76 valence electrons. The van der Waals surface area contributed by atoms with Gasteiger partial charge in [-0.05, 0) is 18.0 Å². The van der Waals surface area contributed by atoms with Crippen LogP contribution in [-0.4, -0.2) is 0 Å². The van der Waals surface area contributed by atoms with E-state index in [-0.39, 0.29) is 0 Å². The summed E-state index contributed by atoms with van der Waals surface area (Å²) in [5.41, 5.74) is 9.76. The first-order valence-corrected chi connectivity index (χ1v) is 5.01. The summed E-state index contributed by atoms with van der Waals surface area (Å²) in [6, 6.07) is 7.36. The van der Waals surface area contributed by atoms with Crippen LogP contribution in [0.1, 0.15) is 31.7 Å². The molecule has 0 saturated carbocycles. The maximum atomic E-state index is 8.36. The lowest BCUT2D eigenvalue weighted by molar-refractivity contribution is 0.828. The van der Waals surface area contributed by atoms with Crippen molar-refractivity contribution in [3.05, 3.63) is 40.3 Å². The highest BCUT2D eigenvalue weighted by atomic mass is 15.1. The van der Waals surface area contributed by atoms with Gasteiger partial charge in [-0.2, -0.15) is 0 Å². The maximum absolute atomic E-state index is 8.36. The topological polar surface area (TPSA) is 48.8 Å². The van der Waals surface area contributed by atoms with E-state index >= 15 is 0 Å². The Morgan fingerprint density at radius 3 is 2.93 bits per heavy atom. The highest BCUT2D eigenvalue weighted by molar-refractivity contribution is 5.54. The molecule has 0 spiro atoms. The summed E-state index contributed by atoms with van der Waals surface area (Å²) in [4.78, 5) is 2.77. The molecule has 1 rings (SSSR count).